The van der Waals surface area contributed by atoms with Crippen LogP contribution in [-0.4, -0.2) is 53.5 Å². The number of fused-ring (bicyclic) bond motifs is 2. The average molecular weight is 432 g/mol. The summed E-state index contributed by atoms with van der Waals surface area (Å²) < 4.78 is 0. The summed E-state index contributed by atoms with van der Waals surface area (Å²) >= 11 is 0. The van der Waals surface area contributed by atoms with Crippen LogP contribution in [0.3, 0.4) is 0 Å². The number of benzene rings is 2. The van der Waals surface area contributed by atoms with E-state index >= 15 is 0 Å². The molecule has 3 fully saturated rings. The van der Waals surface area contributed by atoms with Gasteiger partial charge < -0.3 is 10.2 Å². The van der Waals surface area contributed by atoms with Gasteiger partial charge in [-0.25, -0.2) is 0 Å². The lowest BCUT2D eigenvalue weighted by Crippen LogP contribution is -2.53. The lowest BCUT2D eigenvalue weighted by Gasteiger charge is -2.43. The smallest absolute Gasteiger partial charge is 0.252 e. The number of carbonyl (C=O) groups is 1. The van der Waals surface area contributed by atoms with Crippen molar-refractivity contribution in [3.05, 3.63) is 70.8 Å². The molecule has 3 aliphatic heterocycles. The third kappa shape index (κ3) is 3.88. The third-order valence-corrected chi connectivity index (χ3v) is 8.34. The molecule has 3 saturated heterocycles. The molecule has 32 heavy (non-hydrogen) atoms. The lowest BCUT2D eigenvalue weighted by molar-refractivity contribution is 0.0749. The van der Waals surface area contributed by atoms with Crippen molar-refractivity contribution in [2.45, 2.75) is 70.0 Å². The van der Waals surface area contributed by atoms with Gasteiger partial charge in [-0.1, -0.05) is 48.5 Å². The van der Waals surface area contributed by atoms with Gasteiger partial charge in [0, 0.05) is 30.2 Å². The van der Waals surface area contributed by atoms with Crippen LogP contribution < -0.4 is 5.32 Å². The fourth-order valence-corrected chi connectivity index (χ4v) is 6.73. The molecule has 0 spiro atoms. The Bertz CT molecular complexity index is 922. The first-order valence-corrected chi connectivity index (χ1v) is 12.5. The molecule has 3 aliphatic rings. The van der Waals surface area contributed by atoms with Crippen molar-refractivity contribution in [1.82, 2.24) is 15.1 Å². The number of rotatable bonds is 7. The highest BCUT2D eigenvalue weighted by molar-refractivity contribution is 5.97. The SMILES string of the molecule is Cc1cccc(C)c1C(=O)N[C@H](c1ccccc1)C12CCC(CC1)N2CCN1CCCC1. The average Bonchev–Trinajstić information content (AvgIpc) is 3.52. The first-order valence-electron chi connectivity index (χ1n) is 12.5. The Balaban J connectivity index is 1.45. The minimum Gasteiger partial charge on any atom is -0.343 e. The van der Waals surface area contributed by atoms with E-state index in [1.54, 1.807) is 0 Å². The number of hydrogen-bond acceptors (Lipinski definition) is 3. The summed E-state index contributed by atoms with van der Waals surface area (Å²) in [5, 5.41) is 3.56. The normalized spacial score (nSPS) is 26.5. The summed E-state index contributed by atoms with van der Waals surface area (Å²) in [4.78, 5) is 19.0. The summed E-state index contributed by atoms with van der Waals surface area (Å²) in [6.45, 7) is 8.86. The predicted molar refractivity (Wildman–Crippen MR) is 130 cm³/mol. The highest BCUT2D eigenvalue weighted by Crippen LogP contribution is 2.52. The van der Waals surface area contributed by atoms with Gasteiger partial charge in [-0.2, -0.15) is 0 Å². The monoisotopic (exact) mass is 431 g/mol. The maximum absolute atomic E-state index is 13.6. The second-order valence-electron chi connectivity index (χ2n) is 10.2. The molecule has 3 heterocycles. The highest BCUT2D eigenvalue weighted by atomic mass is 16.1. The largest absolute Gasteiger partial charge is 0.343 e. The van der Waals surface area contributed by atoms with E-state index in [1.165, 1.54) is 57.2 Å². The highest BCUT2D eigenvalue weighted by Gasteiger charge is 2.56. The number of carbonyl (C=O) groups excluding carboxylic acids is 1. The number of nitrogens with one attached hydrogen (secondary N) is 1. The van der Waals surface area contributed by atoms with E-state index in [-0.39, 0.29) is 17.5 Å². The van der Waals surface area contributed by atoms with Gasteiger partial charge in [0.25, 0.3) is 5.91 Å². The van der Waals surface area contributed by atoms with Gasteiger partial charge in [-0.05, 0) is 82.2 Å². The zero-order chi connectivity index (χ0) is 22.1. The molecule has 0 aromatic heterocycles. The van der Waals surface area contributed by atoms with Crippen molar-refractivity contribution in [3.63, 3.8) is 0 Å². The van der Waals surface area contributed by atoms with Crippen LogP contribution >= 0.6 is 0 Å². The van der Waals surface area contributed by atoms with Crippen molar-refractivity contribution in [1.29, 1.82) is 0 Å². The number of likely N-dealkylation sites (tertiary alicyclic amines) is 1. The molecule has 5 rings (SSSR count). The van der Waals surface area contributed by atoms with Crippen molar-refractivity contribution < 1.29 is 4.79 Å². The molecule has 2 aromatic rings. The van der Waals surface area contributed by atoms with Crippen LogP contribution in [0.5, 0.6) is 0 Å². The minimum atomic E-state index is 0.0151. The second kappa shape index (κ2) is 8.99. The summed E-state index contributed by atoms with van der Waals surface area (Å²) in [6.07, 6.45) is 7.53. The molecule has 0 radical (unpaired) electrons. The Morgan fingerprint density at radius 1 is 0.969 bits per heavy atom. The number of aryl methyl sites for hydroxylation is 2. The van der Waals surface area contributed by atoms with Gasteiger partial charge in [-0.3, -0.25) is 9.69 Å². The molecule has 1 amide bonds. The topological polar surface area (TPSA) is 35.6 Å². The molecule has 0 unspecified atom stereocenters. The summed E-state index contributed by atoms with van der Waals surface area (Å²) in [5.41, 5.74) is 4.20. The first-order chi connectivity index (χ1) is 15.6. The van der Waals surface area contributed by atoms with Gasteiger partial charge >= 0.3 is 0 Å². The third-order valence-electron chi connectivity index (χ3n) is 8.34. The molecule has 0 saturated carbocycles. The number of hydrogen-bond donors (Lipinski definition) is 1. The standard InChI is InChI=1S/C28H37N3O/c1-21-9-8-10-22(2)25(21)27(32)29-26(23-11-4-3-5-12-23)28-15-13-24(14-16-28)31(28)20-19-30-17-6-7-18-30/h3-5,8-12,24,26H,6-7,13-20H2,1-2H3,(H,29,32)/t24?,26-,28?/m1/s1. The Morgan fingerprint density at radius 3 is 2.28 bits per heavy atom. The molecule has 4 nitrogen and oxygen atoms in total. The Labute approximate surface area is 193 Å². The van der Waals surface area contributed by atoms with Crippen molar-refractivity contribution in [2.24, 2.45) is 0 Å². The van der Waals surface area contributed by atoms with E-state index in [0.717, 1.165) is 29.8 Å². The fourth-order valence-electron chi connectivity index (χ4n) is 6.73. The van der Waals surface area contributed by atoms with E-state index in [2.05, 4.69) is 45.4 Å². The molecule has 170 valence electrons. The first kappa shape index (κ1) is 21.7. The van der Waals surface area contributed by atoms with Gasteiger partial charge in [-0.15, -0.1) is 0 Å². The predicted octanol–water partition coefficient (Wildman–Crippen LogP) is 4.87. The quantitative estimate of drug-likeness (QED) is 0.680. The summed E-state index contributed by atoms with van der Waals surface area (Å²) in [6, 6.07) is 17.5. The zero-order valence-electron chi connectivity index (χ0n) is 19.6. The van der Waals surface area contributed by atoms with Crippen LogP contribution in [-0.2, 0) is 0 Å². The van der Waals surface area contributed by atoms with Crippen LogP contribution in [0, 0.1) is 13.8 Å². The van der Waals surface area contributed by atoms with Crippen LogP contribution in [0.25, 0.3) is 0 Å². The van der Waals surface area contributed by atoms with Gasteiger partial charge in [0.05, 0.1) is 6.04 Å². The molecule has 2 aromatic carbocycles. The second-order valence-corrected chi connectivity index (χ2v) is 10.2. The Kier molecular flexibility index (Phi) is 6.09. The maximum atomic E-state index is 13.6. The van der Waals surface area contributed by atoms with E-state index in [4.69, 9.17) is 0 Å². The van der Waals surface area contributed by atoms with Gasteiger partial charge in [0.15, 0.2) is 0 Å². The molecule has 1 atom stereocenters. The van der Waals surface area contributed by atoms with Crippen LogP contribution in [0.2, 0.25) is 0 Å². The number of amides is 1. The van der Waals surface area contributed by atoms with Crippen molar-refractivity contribution in [2.75, 3.05) is 26.2 Å². The molecule has 1 N–H and O–H groups in total. The molecule has 4 heteroatoms. The van der Waals surface area contributed by atoms with Gasteiger partial charge in [0.2, 0.25) is 0 Å². The summed E-state index contributed by atoms with van der Waals surface area (Å²) in [5.74, 6) is 0.0682. The number of nitrogens with zero attached hydrogens (tertiary/aromatic N) is 2. The molecular formula is C28H37N3O. The Morgan fingerprint density at radius 2 is 1.62 bits per heavy atom. The maximum Gasteiger partial charge on any atom is 0.252 e. The minimum absolute atomic E-state index is 0.0151. The van der Waals surface area contributed by atoms with E-state index in [0.29, 0.717) is 6.04 Å². The Hall–Kier alpha value is -2.17. The van der Waals surface area contributed by atoms with Crippen LogP contribution in [0.1, 0.15) is 71.6 Å². The van der Waals surface area contributed by atoms with Gasteiger partial charge in [0.1, 0.15) is 0 Å². The van der Waals surface area contributed by atoms with Crippen LogP contribution in [0.4, 0.5) is 0 Å². The van der Waals surface area contributed by atoms with E-state index in [9.17, 15) is 4.79 Å². The summed E-state index contributed by atoms with van der Waals surface area (Å²) in [7, 11) is 0. The molecule has 2 bridgehead atoms. The van der Waals surface area contributed by atoms with Crippen LogP contribution in [0.15, 0.2) is 48.5 Å². The van der Waals surface area contributed by atoms with Crippen molar-refractivity contribution in [3.8, 4) is 0 Å². The van der Waals surface area contributed by atoms with E-state index < -0.39 is 0 Å². The molecular weight excluding hydrogens is 394 g/mol. The zero-order valence-corrected chi connectivity index (χ0v) is 19.6. The lowest BCUT2D eigenvalue weighted by atomic mass is 9.78. The van der Waals surface area contributed by atoms with Crippen molar-refractivity contribution >= 4 is 5.91 Å². The fraction of sp³-hybridized carbons (Fsp3) is 0.536. The molecule has 0 aliphatic carbocycles. The van der Waals surface area contributed by atoms with E-state index in [1.807, 2.05) is 32.0 Å².